The molecule has 18 heteroatoms. The van der Waals surface area contributed by atoms with Gasteiger partial charge in [-0.2, -0.15) is 0 Å². The Balaban J connectivity index is 1.21. The number of carbonyl (C=O) groups excluding carboxylic acids is 2. The highest BCUT2D eigenvalue weighted by molar-refractivity contribution is 7.92. The standard InChI is InChI=1S/C45H64N4O13S/c50-42(46-24-26-58-29-31-61-35-44(53)54)34-60-30-28-59-27-25-47-45(55)38-18-23-41(48-32-38)49-63(56,57)40-21-16-37(17-22-40)33-62-39-19-14-36(15-20-39)12-10-8-6-4-2-1-3-5-7-9-11-13-43(51)52/h14-23,32H,1-13,24-31,33-35H2,(H,46,50)(H,47,55)(H,48,49)(H,51,52)(H,53,54). The lowest BCUT2D eigenvalue weighted by Gasteiger charge is -2.10. The number of anilines is 1. The Morgan fingerprint density at radius 1 is 0.571 bits per heavy atom. The first kappa shape index (κ1) is 52.2. The van der Waals surface area contributed by atoms with E-state index in [1.165, 1.54) is 81.0 Å². The van der Waals surface area contributed by atoms with Crippen molar-refractivity contribution in [1.29, 1.82) is 0 Å². The van der Waals surface area contributed by atoms with Crippen molar-refractivity contribution in [2.45, 2.75) is 95.0 Å². The van der Waals surface area contributed by atoms with E-state index < -0.39 is 27.9 Å². The van der Waals surface area contributed by atoms with E-state index in [1.807, 2.05) is 12.1 Å². The molecule has 0 saturated heterocycles. The highest BCUT2D eigenvalue weighted by Gasteiger charge is 2.16. The fourth-order valence-electron chi connectivity index (χ4n) is 6.08. The Labute approximate surface area is 370 Å². The topological polar surface area (TPSA) is 238 Å². The molecule has 0 aliphatic rings. The fourth-order valence-corrected chi connectivity index (χ4v) is 7.09. The van der Waals surface area contributed by atoms with Crippen LogP contribution in [0.25, 0.3) is 0 Å². The summed E-state index contributed by atoms with van der Waals surface area (Å²) in [6.07, 6.45) is 15.3. The molecule has 0 aliphatic heterocycles. The summed E-state index contributed by atoms with van der Waals surface area (Å²) in [5, 5.41) is 22.5. The van der Waals surface area contributed by atoms with Gasteiger partial charge in [0.05, 0.1) is 50.1 Å². The van der Waals surface area contributed by atoms with Gasteiger partial charge in [0.2, 0.25) is 5.91 Å². The molecule has 0 atom stereocenters. The second-order valence-corrected chi connectivity index (χ2v) is 16.4. The van der Waals surface area contributed by atoms with Gasteiger partial charge in [0, 0.05) is 25.7 Å². The lowest BCUT2D eigenvalue weighted by atomic mass is 10.0. The number of hydrogen-bond acceptors (Lipinski definition) is 12. The average Bonchev–Trinajstić information content (AvgIpc) is 3.26. The van der Waals surface area contributed by atoms with Gasteiger partial charge in [-0.15, -0.1) is 0 Å². The van der Waals surface area contributed by atoms with Gasteiger partial charge in [0.25, 0.3) is 15.9 Å². The molecular weight excluding hydrogens is 837 g/mol. The number of carboxylic acids is 2. The summed E-state index contributed by atoms with van der Waals surface area (Å²) >= 11 is 0. The molecule has 1 aromatic heterocycles. The molecule has 0 fully saturated rings. The van der Waals surface area contributed by atoms with Gasteiger partial charge in [-0.1, -0.05) is 82.1 Å². The molecular formula is C45H64N4O13S. The van der Waals surface area contributed by atoms with Crippen LogP contribution in [0.15, 0.2) is 71.8 Å². The maximum Gasteiger partial charge on any atom is 0.329 e. The summed E-state index contributed by atoms with van der Waals surface area (Å²) < 4.78 is 55.1. The first-order chi connectivity index (χ1) is 30.5. The van der Waals surface area contributed by atoms with E-state index in [2.05, 4.69) is 32.5 Å². The van der Waals surface area contributed by atoms with Crippen LogP contribution in [0.3, 0.4) is 0 Å². The van der Waals surface area contributed by atoms with Crippen molar-refractivity contribution in [2.24, 2.45) is 0 Å². The minimum atomic E-state index is -3.94. The normalized spacial score (nSPS) is 11.2. The molecule has 0 bridgehead atoms. The number of nitrogens with one attached hydrogen (secondary N) is 3. The quantitative estimate of drug-likeness (QED) is 0.0433. The van der Waals surface area contributed by atoms with Crippen LogP contribution in [-0.2, 0) is 56.4 Å². The molecule has 0 spiro atoms. The van der Waals surface area contributed by atoms with Gasteiger partial charge >= 0.3 is 11.9 Å². The molecule has 0 aliphatic carbocycles. The number of aryl methyl sites for hydroxylation is 1. The number of aromatic nitrogens is 1. The molecule has 348 valence electrons. The van der Waals surface area contributed by atoms with E-state index in [-0.39, 0.29) is 101 Å². The Kier molecular flexibility index (Phi) is 26.2. The predicted octanol–water partition coefficient (Wildman–Crippen LogP) is 5.77. The van der Waals surface area contributed by atoms with E-state index in [0.717, 1.165) is 43.4 Å². The summed E-state index contributed by atoms with van der Waals surface area (Å²) in [7, 11) is -3.94. The van der Waals surface area contributed by atoms with E-state index in [1.54, 1.807) is 12.1 Å². The molecule has 3 rings (SSSR count). The second kappa shape index (κ2) is 31.7. The molecule has 2 aromatic carbocycles. The number of ether oxygens (including phenoxy) is 5. The number of rotatable bonds is 37. The van der Waals surface area contributed by atoms with Gasteiger partial charge in [-0.05, 0) is 66.8 Å². The lowest BCUT2D eigenvalue weighted by Crippen LogP contribution is -2.31. The van der Waals surface area contributed by atoms with Gasteiger partial charge in [0.15, 0.2) is 0 Å². The van der Waals surface area contributed by atoms with Crippen molar-refractivity contribution < 1.29 is 61.5 Å². The number of sulfonamides is 1. The van der Waals surface area contributed by atoms with E-state index in [4.69, 9.17) is 33.9 Å². The van der Waals surface area contributed by atoms with Crippen LogP contribution in [0, 0.1) is 0 Å². The number of benzene rings is 2. The van der Waals surface area contributed by atoms with Crippen LogP contribution in [0.1, 0.15) is 98.5 Å². The zero-order valence-corrected chi connectivity index (χ0v) is 36.9. The van der Waals surface area contributed by atoms with Crippen molar-refractivity contribution in [3.63, 3.8) is 0 Å². The fraction of sp³-hybridized carbons (Fsp3) is 0.533. The van der Waals surface area contributed by atoms with Gasteiger partial charge in [-0.25, -0.2) is 18.2 Å². The van der Waals surface area contributed by atoms with Crippen molar-refractivity contribution >= 4 is 39.6 Å². The van der Waals surface area contributed by atoms with Gasteiger partial charge in [-0.3, -0.25) is 19.1 Å². The average molecular weight is 901 g/mol. The predicted molar refractivity (Wildman–Crippen MR) is 235 cm³/mol. The van der Waals surface area contributed by atoms with Crippen LogP contribution in [0.5, 0.6) is 5.75 Å². The molecule has 3 aromatic rings. The molecule has 0 unspecified atom stereocenters. The van der Waals surface area contributed by atoms with E-state index in [9.17, 15) is 27.6 Å². The first-order valence-electron chi connectivity index (χ1n) is 21.6. The van der Waals surface area contributed by atoms with E-state index in [0.29, 0.717) is 0 Å². The highest BCUT2D eigenvalue weighted by Crippen LogP contribution is 2.19. The largest absolute Gasteiger partial charge is 0.489 e. The summed E-state index contributed by atoms with van der Waals surface area (Å²) in [5.74, 6) is -1.71. The maximum atomic E-state index is 13.0. The Hall–Kier alpha value is -5.14. The van der Waals surface area contributed by atoms with Gasteiger partial charge in [0.1, 0.15) is 31.4 Å². The van der Waals surface area contributed by atoms with E-state index >= 15 is 0 Å². The number of pyridine rings is 1. The number of nitrogens with zero attached hydrogens (tertiary/aromatic N) is 1. The highest BCUT2D eigenvalue weighted by atomic mass is 32.2. The summed E-state index contributed by atoms with van der Waals surface area (Å²) in [4.78, 5) is 49.3. The zero-order valence-electron chi connectivity index (χ0n) is 36.1. The maximum absolute atomic E-state index is 13.0. The SMILES string of the molecule is O=C(O)CCCCCCCCCCCCCc1ccc(OCc2ccc(S(=O)(=O)Nc3ccc(C(=O)NCCOCCOCC(=O)NCCOCCOCC(=O)O)cn3)cc2)cc1. The van der Waals surface area contributed by atoms with Crippen molar-refractivity contribution in [3.8, 4) is 5.75 Å². The van der Waals surface area contributed by atoms with Crippen LogP contribution in [0.4, 0.5) is 5.82 Å². The van der Waals surface area contributed by atoms with Gasteiger partial charge < -0.3 is 44.5 Å². The molecule has 0 saturated carbocycles. The molecule has 0 radical (unpaired) electrons. The summed E-state index contributed by atoms with van der Waals surface area (Å²) in [6.45, 7) is 1.36. The molecule has 63 heavy (non-hydrogen) atoms. The summed E-state index contributed by atoms with van der Waals surface area (Å²) in [6, 6.07) is 17.3. The monoisotopic (exact) mass is 900 g/mol. The number of amides is 2. The molecule has 2 amide bonds. The van der Waals surface area contributed by atoms with Crippen LogP contribution >= 0.6 is 0 Å². The number of aliphatic carboxylic acids is 2. The summed E-state index contributed by atoms with van der Waals surface area (Å²) in [5.41, 5.74) is 2.31. The third-order valence-electron chi connectivity index (χ3n) is 9.49. The van der Waals surface area contributed by atoms with Crippen LogP contribution < -0.4 is 20.1 Å². The first-order valence-corrected chi connectivity index (χ1v) is 23.1. The number of unbranched alkanes of at least 4 members (excludes halogenated alkanes) is 10. The van der Waals surface area contributed by atoms with Crippen molar-refractivity contribution in [2.75, 3.05) is 70.7 Å². The third kappa shape index (κ3) is 24.9. The Morgan fingerprint density at radius 3 is 1.71 bits per heavy atom. The molecule has 17 nitrogen and oxygen atoms in total. The van der Waals surface area contributed by atoms with Crippen molar-refractivity contribution in [3.05, 3.63) is 83.6 Å². The number of hydrogen-bond donors (Lipinski definition) is 5. The Bertz CT molecular complexity index is 1860. The third-order valence-corrected chi connectivity index (χ3v) is 10.9. The van der Waals surface area contributed by atoms with Crippen molar-refractivity contribution in [1.82, 2.24) is 15.6 Å². The van der Waals surface area contributed by atoms with Crippen LogP contribution in [0.2, 0.25) is 0 Å². The minimum absolute atomic E-state index is 0.0516. The minimum Gasteiger partial charge on any atom is -0.489 e. The van der Waals surface area contributed by atoms with Crippen LogP contribution in [-0.4, -0.2) is 113 Å². The Morgan fingerprint density at radius 2 is 1.13 bits per heavy atom. The molecule has 5 N–H and O–H groups in total. The number of carboxylic acid groups (broad SMARTS) is 2. The zero-order chi connectivity index (χ0) is 45.4. The molecule has 1 heterocycles. The smallest absolute Gasteiger partial charge is 0.329 e. The lowest BCUT2D eigenvalue weighted by molar-refractivity contribution is -0.143. The second-order valence-electron chi connectivity index (χ2n) is 14.7. The number of carbonyl (C=O) groups is 4.